The van der Waals surface area contributed by atoms with E-state index in [1.54, 1.807) is 26.0 Å². The molecule has 1 aromatic carbocycles. The highest BCUT2D eigenvalue weighted by Gasteiger charge is 2.09. The lowest BCUT2D eigenvalue weighted by Crippen LogP contribution is -2.10. The van der Waals surface area contributed by atoms with Gasteiger partial charge in [-0.1, -0.05) is 6.07 Å². The van der Waals surface area contributed by atoms with E-state index in [4.69, 9.17) is 15.7 Å². The normalized spacial score (nSPS) is 14.1. The van der Waals surface area contributed by atoms with Crippen LogP contribution in [0.1, 0.15) is 25.5 Å². The summed E-state index contributed by atoms with van der Waals surface area (Å²) in [7, 11) is 0. The number of nitrogens with two attached hydrogens (primary N) is 1. The Morgan fingerprint density at radius 2 is 2.13 bits per heavy atom. The highest BCUT2D eigenvalue weighted by Crippen LogP contribution is 2.21. The second-order valence-electron chi connectivity index (χ2n) is 3.36. The minimum absolute atomic E-state index is 0.339. The van der Waals surface area contributed by atoms with Crippen LogP contribution in [0.2, 0.25) is 0 Å². The van der Waals surface area contributed by atoms with E-state index in [2.05, 4.69) is 0 Å². The van der Waals surface area contributed by atoms with Gasteiger partial charge < -0.3 is 10.5 Å². The maximum atomic E-state index is 13.4. The molecule has 2 unspecified atom stereocenters. The highest BCUT2D eigenvalue weighted by molar-refractivity contribution is 5.30. The summed E-state index contributed by atoms with van der Waals surface area (Å²) < 4.78 is 18.5. The molecule has 2 atom stereocenters. The van der Waals surface area contributed by atoms with Crippen LogP contribution < -0.4 is 10.5 Å². The maximum absolute atomic E-state index is 13.4. The summed E-state index contributed by atoms with van der Waals surface area (Å²) >= 11 is 0. The molecule has 0 amide bonds. The Morgan fingerprint density at radius 1 is 1.47 bits per heavy atom. The lowest BCUT2D eigenvalue weighted by atomic mass is 10.1. The fraction of sp³-hybridized carbons (Fsp3) is 0.364. The number of ether oxygens (including phenoxy) is 1. The van der Waals surface area contributed by atoms with Crippen LogP contribution >= 0.6 is 0 Å². The van der Waals surface area contributed by atoms with Crippen LogP contribution in [0.4, 0.5) is 4.39 Å². The van der Waals surface area contributed by atoms with Crippen LogP contribution in [-0.2, 0) is 0 Å². The molecule has 80 valence electrons. The molecule has 0 aliphatic heterocycles. The summed E-state index contributed by atoms with van der Waals surface area (Å²) in [4.78, 5) is 0. The molecule has 0 saturated carbocycles. The second-order valence-corrected chi connectivity index (χ2v) is 3.36. The third-order valence-corrected chi connectivity index (χ3v) is 1.96. The second kappa shape index (κ2) is 4.76. The summed E-state index contributed by atoms with van der Waals surface area (Å²) in [5, 5.41) is 8.52. The van der Waals surface area contributed by atoms with Crippen molar-refractivity contribution in [3.63, 3.8) is 0 Å². The van der Waals surface area contributed by atoms with E-state index in [-0.39, 0.29) is 6.04 Å². The number of benzene rings is 1. The third-order valence-electron chi connectivity index (χ3n) is 1.96. The molecule has 0 spiro atoms. The summed E-state index contributed by atoms with van der Waals surface area (Å²) in [6, 6.07) is 5.96. The highest BCUT2D eigenvalue weighted by atomic mass is 19.1. The Hall–Kier alpha value is -1.60. The third kappa shape index (κ3) is 2.93. The van der Waals surface area contributed by atoms with Crippen molar-refractivity contribution in [3.05, 3.63) is 29.6 Å². The van der Waals surface area contributed by atoms with Gasteiger partial charge in [0.1, 0.15) is 17.6 Å². The number of nitriles is 1. The predicted octanol–water partition coefficient (Wildman–Crippen LogP) is 2.14. The average Bonchev–Trinajstić information content (AvgIpc) is 2.17. The minimum atomic E-state index is -0.592. The first kappa shape index (κ1) is 11.5. The largest absolute Gasteiger partial charge is 0.476 e. The zero-order valence-corrected chi connectivity index (χ0v) is 8.70. The first-order chi connectivity index (χ1) is 7.04. The van der Waals surface area contributed by atoms with Gasteiger partial charge in [-0.3, -0.25) is 0 Å². The van der Waals surface area contributed by atoms with Crippen LogP contribution in [0.25, 0.3) is 0 Å². The Labute approximate surface area is 88.3 Å². The van der Waals surface area contributed by atoms with Crippen molar-refractivity contribution in [1.29, 1.82) is 5.26 Å². The van der Waals surface area contributed by atoms with Gasteiger partial charge in [0.15, 0.2) is 6.10 Å². The smallest absolute Gasteiger partial charge is 0.181 e. The molecule has 0 bridgehead atoms. The van der Waals surface area contributed by atoms with Gasteiger partial charge in [-0.15, -0.1) is 0 Å². The lowest BCUT2D eigenvalue weighted by molar-refractivity contribution is 0.275. The van der Waals surface area contributed by atoms with Crippen molar-refractivity contribution in [2.45, 2.75) is 26.0 Å². The van der Waals surface area contributed by atoms with E-state index in [0.29, 0.717) is 11.3 Å². The molecule has 0 fully saturated rings. The van der Waals surface area contributed by atoms with Crippen molar-refractivity contribution >= 4 is 0 Å². The average molecular weight is 208 g/mol. The molecule has 15 heavy (non-hydrogen) atoms. The van der Waals surface area contributed by atoms with Gasteiger partial charge >= 0.3 is 0 Å². The number of nitrogens with zero attached hydrogens (tertiary/aromatic N) is 1. The zero-order chi connectivity index (χ0) is 11.4. The summed E-state index contributed by atoms with van der Waals surface area (Å²) in [5.74, 6) is -0.0708. The molecule has 0 aliphatic rings. The predicted molar refractivity (Wildman–Crippen MR) is 54.7 cm³/mol. The van der Waals surface area contributed by atoms with Gasteiger partial charge in [0, 0.05) is 17.7 Å². The number of rotatable bonds is 3. The van der Waals surface area contributed by atoms with Crippen LogP contribution in [0.5, 0.6) is 5.75 Å². The molecule has 0 aliphatic carbocycles. The van der Waals surface area contributed by atoms with Gasteiger partial charge in [-0.25, -0.2) is 4.39 Å². The molecule has 3 nitrogen and oxygen atoms in total. The molecule has 0 aromatic heterocycles. The van der Waals surface area contributed by atoms with Crippen molar-refractivity contribution in [3.8, 4) is 11.8 Å². The maximum Gasteiger partial charge on any atom is 0.181 e. The monoisotopic (exact) mass is 208 g/mol. The van der Waals surface area contributed by atoms with Crippen LogP contribution in [0.3, 0.4) is 0 Å². The van der Waals surface area contributed by atoms with Crippen LogP contribution in [0, 0.1) is 17.1 Å². The molecule has 0 heterocycles. The minimum Gasteiger partial charge on any atom is -0.476 e. The number of hydrogen-bond acceptors (Lipinski definition) is 3. The molecule has 4 heteroatoms. The fourth-order valence-electron chi connectivity index (χ4n) is 1.18. The molecule has 2 N–H and O–H groups in total. The number of hydrogen-bond donors (Lipinski definition) is 1. The summed E-state index contributed by atoms with van der Waals surface area (Å²) in [5.41, 5.74) is 6.00. The van der Waals surface area contributed by atoms with Gasteiger partial charge in [0.2, 0.25) is 0 Å². The van der Waals surface area contributed by atoms with Gasteiger partial charge in [0.05, 0.1) is 0 Å². The number of halogens is 1. The molecule has 0 radical (unpaired) electrons. The standard InChI is InChI=1S/C11H13FN2O/c1-7(6-13)15-9-3-4-10(8(2)14)11(12)5-9/h3-5,7-8H,14H2,1-2H3. The van der Waals surface area contributed by atoms with E-state index in [9.17, 15) is 4.39 Å². The Kier molecular flexibility index (Phi) is 3.64. The van der Waals surface area contributed by atoms with E-state index < -0.39 is 11.9 Å². The zero-order valence-electron chi connectivity index (χ0n) is 8.70. The topological polar surface area (TPSA) is 59.0 Å². The van der Waals surface area contributed by atoms with Crippen molar-refractivity contribution < 1.29 is 9.13 Å². The van der Waals surface area contributed by atoms with Gasteiger partial charge in [-0.05, 0) is 19.9 Å². The molecular weight excluding hydrogens is 195 g/mol. The van der Waals surface area contributed by atoms with Gasteiger partial charge in [0.25, 0.3) is 0 Å². The first-order valence-corrected chi connectivity index (χ1v) is 4.66. The van der Waals surface area contributed by atoms with Crippen LogP contribution in [-0.4, -0.2) is 6.10 Å². The molecular formula is C11H13FN2O. The van der Waals surface area contributed by atoms with Gasteiger partial charge in [-0.2, -0.15) is 5.26 Å². The molecule has 1 aromatic rings. The van der Waals surface area contributed by atoms with Crippen molar-refractivity contribution in [2.24, 2.45) is 5.73 Å². The van der Waals surface area contributed by atoms with Crippen molar-refractivity contribution in [2.75, 3.05) is 0 Å². The van der Waals surface area contributed by atoms with E-state index >= 15 is 0 Å². The van der Waals surface area contributed by atoms with Crippen molar-refractivity contribution in [1.82, 2.24) is 0 Å². The van der Waals surface area contributed by atoms with E-state index in [1.165, 1.54) is 6.07 Å². The Bertz CT molecular complexity index is 385. The molecule has 1 rings (SSSR count). The SMILES string of the molecule is CC(C#N)Oc1ccc(C(C)N)c(F)c1. The Balaban J connectivity index is 2.88. The van der Waals surface area contributed by atoms with E-state index in [1.807, 2.05) is 6.07 Å². The fourth-order valence-corrected chi connectivity index (χ4v) is 1.18. The van der Waals surface area contributed by atoms with Crippen LogP contribution in [0.15, 0.2) is 18.2 Å². The Morgan fingerprint density at radius 3 is 2.60 bits per heavy atom. The van der Waals surface area contributed by atoms with E-state index in [0.717, 1.165) is 0 Å². The summed E-state index contributed by atoms with van der Waals surface area (Å²) in [6.07, 6.45) is -0.592. The lowest BCUT2D eigenvalue weighted by Gasteiger charge is -2.11. The quantitative estimate of drug-likeness (QED) is 0.827. The molecule has 0 saturated heterocycles. The summed E-state index contributed by atoms with van der Waals surface area (Å²) in [6.45, 7) is 3.30. The first-order valence-electron chi connectivity index (χ1n) is 4.66.